The van der Waals surface area contributed by atoms with Crippen molar-refractivity contribution in [1.82, 2.24) is 29.8 Å². The Labute approximate surface area is 183 Å². The van der Waals surface area contributed by atoms with E-state index in [2.05, 4.69) is 24.9 Å². The number of rotatable bonds is 4. The zero-order chi connectivity index (χ0) is 22.1. The number of imidazole rings is 1. The number of hydrogen-bond acceptors (Lipinski definition) is 7. The van der Waals surface area contributed by atoms with Crippen molar-refractivity contribution in [2.75, 3.05) is 6.54 Å². The van der Waals surface area contributed by atoms with Gasteiger partial charge in [-0.3, -0.25) is 9.78 Å². The minimum absolute atomic E-state index is 0.0310. The third-order valence-electron chi connectivity index (χ3n) is 5.51. The molecule has 0 saturated carbocycles. The fourth-order valence-electron chi connectivity index (χ4n) is 4.05. The first-order valence-electron chi connectivity index (χ1n) is 10.2. The standard InChI is InChI=1S/C23H19N7O2/c1-14(31)30-8-2-3-21(30)17-9-18-19(29-23(28-18)20-13-25-6-7-26-20)10-22(17)32-16-5-4-15(11-24)27-12-16/h4-7,9-10,12-13,21H,2-3,8H2,1H3,(H,28,29). The molecule has 1 atom stereocenters. The van der Waals surface area contributed by atoms with Gasteiger partial charge in [0.2, 0.25) is 5.91 Å². The van der Waals surface area contributed by atoms with Crippen LogP contribution in [0.3, 0.4) is 0 Å². The van der Waals surface area contributed by atoms with Crippen LogP contribution in [0.15, 0.2) is 49.1 Å². The summed E-state index contributed by atoms with van der Waals surface area (Å²) in [5.74, 6) is 1.73. The van der Waals surface area contributed by atoms with Crippen LogP contribution < -0.4 is 4.74 Å². The summed E-state index contributed by atoms with van der Waals surface area (Å²) in [4.78, 5) is 34.6. The number of nitrogens with zero attached hydrogens (tertiary/aromatic N) is 6. The Morgan fingerprint density at radius 1 is 1.25 bits per heavy atom. The quantitative estimate of drug-likeness (QED) is 0.528. The number of aromatic amines is 1. The van der Waals surface area contributed by atoms with E-state index in [1.807, 2.05) is 23.1 Å². The second-order valence-electron chi connectivity index (χ2n) is 7.55. The van der Waals surface area contributed by atoms with Crippen molar-refractivity contribution in [2.24, 2.45) is 0 Å². The lowest BCUT2D eigenvalue weighted by Crippen LogP contribution is -2.28. The Bertz CT molecular complexity index is 1330. The van der Waals surface area contributed by atoms with E-state index in [1.54, 1.807) is 37.6 Å². The summed E-state index contributed by atoms with van der Waals surface area (Å²) in [6.07, 6.45) is 8.15. The molecule has 5 rings (SSSR count). The monoisotopic (exact) mass is 425 g/mol. The number of carbonyl (C=O) groups is 1. The van der Waals surface area contributed by atoms with Gasteiger partial charge in [0.05, 0.1) is 29.5 Å². The van der Waals surface area contributed by atoms with Crippen molar-refractivity contribution in [3.63, 3.8) is 0 Å². The second-order valence-corrected chi connectivity index (χ2v) is 7.55. The molecule has 1 aliphatic rings. The van der Waals surface area contributed by atoms with E-state index in [4.69, 9.17) is 10.00 Å². The van der Waals surface area contributed by atoms with Crippen molar-refractivity contribution >= 4 is 16.9 Å². The molecule has 4 aromatic rings. The highest BCUT2D eigenvalue weighted by molar-refractivity contribution is 5.82. The lowest BCUT2D eigenvalue weighted by Gasteiger charge is -2.25. The zero-order valence-corrected chi connectivity index (χ0v) is 17.3. The van der Waals surface area contributed by atoms with Crippen LogP contribution in [0.5, 0.6) is 11.5 Å². The first-order valence-corrected chi connectivity index (χ1v) is 10.2. The molecule has 4 heterocycles. The zero-order valence-electron chi connectivity index (χ0n) is 17.3. The van der Waals surface area contributed by atoms with Gasteiger partial charge in [0.1, 0.15) is 29.0 Å². The van der Waals surface area contributed by atoms with Gasteiger partial charge in [-0.25, -0.2) is 15.0 Å². The number of nitriles is 1. The first kappa shape index (κ1) is 19.6. The predicted octanol–water partition coefficient (Wildman–Crippen LogP) is 3.76. The number of benzene rings is 1. The molecule has 0 aliphatic carbocycles. The van der Waals surface area contributed by atoms with Crippen molar-refractivity contribution < 1.29 is 9.53 Å². The molecule has 9 heteroatoms. The van der Waals surface area contributed by atoms with Gasteiger partial charge in [0.15, 0.2) is 5.82 Å². The molecule has 1 aliphatic heterocycles. The largest absolute Gasteiger partial charge is 0.455 e. The van der Waals surface area contributed by atoms with Crippen molar-refractivity contribution in [1.29, 1.82) is 5.26 Å². The van der Waals surface area contributed by atoms with Gasteiger partial charge in [0, 0.05) is 37.5 Å². The minimum Gasteiger partial charge on any atom is -0.455 e. The molecule has 0 spiro atoms. The topological polar surface area (TPSA) is 121 Å². The summed E-state index contributed by atoms with van der Waals surface area (Å²) in [5, 5.41) is 8.99. The molecule has 0 bridgehead atoms. The van der Waals surface area contributed by atoms with Crippen LogP contribution in [0.4, 0.5) is 0 Å². The fourth-order valence-corrected chi connectivity index (χ4v) is 4.05. The van der Waals surface area contributed by atoms with Gasteiger partial charge in [-0.1, -0.05) is 0 Å². The molecular weight excluding hydrogens is 406 g/mol. The molecule has 158 valence electrons. The van der Waals surface area contributed by atoms with Crippen LogP contribution in [-0.4, -0.2) is 42.3 Å². The summed E-state index contributed by atoms with van der Waals surface area (Å²) >= 11 is 0. The molecule has 1 saturated heterocycles. The summed E-state index contributed by atoms with van der Waals surface area (Å²) in [5.41, 5.74) is 3.37. The van der Waals surface area contributed by atoms with Crippen molar-refractivity contribution in [3.8, 4) is 29.1 Å². The fraction of sp³-hybridized carbons (Fsp3) is 0.217. The van der Waals surface area contributed by atoms with E-state index in [-0.39, 0.29) is 11.9 Å². The van der Waals surface area contributed by atoms with Crippen LogP contribution in [0.2, 0.25) is 0 Å². The van der Waals surface area contributed by atoms with Crippen LogP contribution in [0.25, 0.3) is 22.6 Å². The van der Waals surface area contributed by atoms with Crippen LogP contribution >= 0.6 is 0 Å². The van der Waals surface area contributed by atoms with Gasteiger partial charge in [-0.2, -0.15) is 5.26 Å². The average molecular weight is 425 g/mol. The van der Waals surface area contributed by atoms with Crippen molar-refractivity contribution in [3.05, 3.63) is 60.3 Å². The van der Waals surface area contributed by atoms with E-state index < -0.39 is 0 Å². The number of nitrogens with one attached hydrogen (secondary N) is 1. The van der Waals surface area contributed by atoms with E-state index >= 15 is 0 Å². The third kappa shape index (κ3) is 3.63. The number of amides is 1. The number of pyridine rings is 1. The number of aromatic nitrogens is 5. The van der Waals surface area contributed by atoms with Gasteiger partial charge in [0.25, 0.3) is 0 Å². The summed E-state index contributed by atoms with van der Waals surface area (Å²) < 4.78 is 6.18. The van der Waals surface area contributed by atoms with Gasteiger partial charge in [-0.05, 0) is 31.0 Å². The van der Waals surface area contributed by atoms with Crippen LogP contribution in [0.1, 0.15) is 37.1 Å². The van der Waals surface area contributed by atoms with E-state index in [1.165, 1.54) is 6.20 Å². The Kier molecular flexibility index (Phi) is 4.95. The average Bonchev–Trinajstić information content (AvgIpc) is 3.47. The highest BCUT2D eigenvalue weighted by Gasteiger charge is 2.31. The number of likely N-dealkylation sites (tertiary alicyclic amines) is 1. The normalized spacial score (nSPS) is 15.6. The molecule has 9 nitrogen and oxygen atoms in total. The molecule has 0 radical (unpaired) electrons. The Hall–Kier alpha value is -4.32. The first-order chi connectivity index (χ1) is 15.6. The van der Waals surface area contributed by atoms with Gasteiger partial charge in [-0.15, -0.1) is 0 Å². The number of H-pyrrole nitrogens is 1. The Morgan fingerprint density at radius 2 is 2.16 bits per heavy atom. The van der Waals surface area contributed by atoms with E-state index in [0.29, 0.717) is 40.8 Å². The maximum Gasteiger partial charge on any atom is 0.219 e. The summed E-state index contributed by atoms with van der Waals surface area (Å²) in [6, 6.07) is 9.05. The lowest BCUT2D eigenvalue weighted by molar-refractivity contribution is -0.129. The number of ether oxygens (including phenoxy) is 1. The van der Waals surface area contributed by atoms with Crippen LogP contribution in [0, 0.1) is 11.3 Å². The maximum atomic E-state index is 12.2. The maximum absolute atomic E-state index is 12.2. The molecular formula is C23H19N7O2. The van der Waals surface area contributed by atoms with E-state index in [0.717, 1.165) is 23.9 Å². The molecule has 3 aromatic heterocycles. The summed E-state index contributed by atoms with van der Waals surface area (Å²) in [7, 11) is 0. The SMILES string of the molecule is CC(=O)N1CCCC1c1cc2[nH]c(-c3cnccn3)nc2cc1Oc1ccc(C#N)nc1. The molecule has 1 aromatic carbocycles. The second kappa shape index (κ2) is 8.07. The van der Waals surface area contributed by atoms with Crippen molar-refractivity contribution in [2.45, 2.75) is 25.8 Å². The third-order valence-corrected chi connectivity index (χ3v) is 5.51. The number of carbonyl (C=O) groups excluding carboxylic acids is 1. The minimum atomic E-state index is -0.0958. The molecule has 1 amide bonds. The van der Waals surface area contributed by atoms with Gasteiger partial charge >= 0.3 is 0 Å². The van der Waals surface area contributed by atoms with E-state index in [9.17, 15) is 4.79 Å². The lowest BCUT2D eigenvalue weighted by atomic mass is 10.0. The number of hydrogen-bond donors (Lipinski definition) is 1. The smallest absolute Gasteiger partial charge is 0.219 e. The number of fused-ring (bicyclic) bond motifs is 1. The molecule has 1 N–H and O–H groups in total. The Balaban J connectivity index is 1.61. The predicted molar refractivity (Wildman–Crippen MR) is 116 cm³/mol. The molecule has 32 heavy (non-hydrogen) atoms. The Morgan fingerprint density at radius 3 is 2.88 bits per heavy atom. The highest BCUT2D eigenvalue weighted by atomic mass is 16.5. The van der Waals surface area contributed by atoms with Gasteiger partial charge < -0.3 is 14.6 Å². The van der Waals surface area contributed by atoms with Crippen LogP contribution in [-0.2, 0) is 4.79 Å². The highest BCUT2D eigenvalue weighted by Crippen LogP contribution is 2.40. The molecule has 1 fully saturated rings. The molecule has 1 unspecified atom stereocenters. The summed E-state index contributed by atoms with van der Waals surface area (Å²) in [6.45, 7) is 2.30.